The van der Waals surface area contributed by atoms with Crippen LogP contribution < -0.4 is 10.1 Å². The van der Waals surface area contributed by atoms with Crippen molar-refractivity contribution in [1.82, 2.24) is 14.8 Å². The monoisotopic (exact) mass is 548 g/mol. The first kappa shape index (κ1) is 27.2. The molecular formula is C28H28N4O4S2. The first-order chi connectivity index (χ1) is 18.4. The van der Waals surface area contributed by atoms with E-state index in [4.69, 9.17) is 9.47 Å². The molecule has 0 saturated heterocycles. The molecule has 0 aliphatic carbocycles. The largest absolute Gasteiger partial charge is 0.497 e. The van der Waals surface area contributed by atoms with Crippen LogP contribution in [0.2, 0.25) is 0 Å². The van der Waals surface area contributed by atoms with Crippen LogP contribution in [0.25, 0.3) is 11.1 Å². The van der Waals surface area contributed by atoms with Crippen LogP contribution in [0, 0.1) is 6.92 Å². The van der Waals surface area contributed by atoms with E-state index in [-0.39, 0.29) is 11.7 Å². The summed E-state index contributed by atoms with van der Waals surface area (Å²) in [5.41, 5.74) is 4.12. The second-order valence-corrected chi connectivity index (χ2v) is 10.2. The molecular weight excluding hydrogens is 520 g/mol. The minimum Gasteiger partial charge on any atom is -0.497 e. The van der Waals surface area contributed by atoms with Crippen LogP contribution in [0.3, 0.4) is 0 Å². The molecule has 2 aromatic heterocycles. The first-order valence-electron chi connectivity index (χ1n) is 11.8. The summed E-state index contributed by atoms with van der Waals surface area (Å²) in [6.45, 7) is 6.35. The van der Waals surface area contributed by atoms with Gasteiger partial charge < -0.3 is 19.4 Å². The zero-order valence-corrected chi connectivity index (χ0v) is 23.0. The van der Waals surface area contributed by atoms with Gasteiger partial charge in [-0.25, -0.2) is 4.79 Å². The number of carbonyl (C=O) groups excluding carboxylic acids is 2. The van der Waals surface area contributed by atoms with Gasteiger partial charge in [-0.1, -0.05) is 59.8 Å². The van der Waals surface area contributed by atoms with E-state index in [2.05, 4.69) is 22.1 Å². The molecule has 0 aliphatic rings. The fourth-order valence-electron chi connectivity index (χ4n) is 3.79. The average Bonchev–Trinajstić information content (AvgIpc) is 3.52. The highest BCUT2D eigenvalue weighted by atomic mass is 32.2. The summed E-state index contributed by atoms with van der Waals surface area (Å²) in [7, 11) is 2.96. The number of esters is 1. The molecule has 196 valence electrons. The van der Waals surface area contributed by atoms with Crippen LogP contribution in [0.1, 0.15) is 27.3 Å². The molecule has 2 heterocycles. The number of nitrogens with zero attached hydrogens (tertiary/aromatic N) is 3. The highest BCUT2D eigenvalue weighted by Crippen LogP contribution is 2.36. The molecule has 0 spiro atoms. The Morgan fingerprint density at radius 3 is 2.50 bits per heavy atom. The fourth-order valence-corrected chi connectivity index (χ4v) is 5.53. The van der Waals surface area contributed by atoms with Gasteiger partial charge in [0.15, 0.2) is 5.16 Å². The zero-order chi connectivity index (χ0) is 27.1. The van der Waals surface area contributed by atoms with Crippen molar-refractivity contribution in [2.45, 2.75) is 25.0 Å². The second-order valence-electron chi connectivity index (χ2n) is 8.37. The molecule has 2 aromatic carbocycles. The second kappa shape index (κ2) is 12.6. The van der Waals surface area contributed by atoms with E-state index in [1.54, 1.807) is 13.2 Å². The standard InChI is InChI=1S/C28H28N4O4S2/c1-5-14-32-23(15-19-8-12-21(35-3)13-9-19)30-31-28(32)38-17-24(33)29-26-25(27(34)36-4)22(16-37-26)20-10-6-18(2)7-11-20/h5-13,16H,1,14-15,17H2,2-4H3,(H,29,33). The summed E-state index contributed by atoms with van der Waals surface area (Å²) in [4.78, 5) is 25.5. The number of nitrogens with one attached hydrogen (secondary N) is 1. The summed E-state index contributed by atoms with van der Waals surface area (Å²) >= 11 is 2.57. The van der Waals surface area contributed by atoms with Crippen molar-refractivity contribution in [2.75, 3.05) is 25.3 Å². The van der Waals surface area contributed by atoms with E-state index in [0.717, 1.165) is 33.8 Å². The van der Waals surface area contributed by atoms with Gasteiger partial charge in [0.25, 0.3) is 0 Å². The van der Waals surface area contributed by atoms with Crippen molar-refractivity contribution in [2.24, 2.45) is 0 Å². The Bertz CT molecular complexity index is 1430. The molecule has 1 amide bonds. The van der Waals surface area contributed by atoms with Gasteiger partial charge in [-0.05, 0) is 30.2 Å². The van der Waals surface area contributed by atoms with Gasteiger partial charge in [0.1, 0.15) is 22.1 Å². The highest BCUT2D eigenvalue weighted by Gasteiger charge is 2.23. The van der Waals surface area contributed by atoms with Gasteiger partial charge in [-0.2, -0.15) is 0 Å². The minimum absolute atomic E-state index is 0.0934. The van der Waals surface area contributed by atoms with E-state index in [0.29, 0.717) is 28.7 Å². The number of anilines is 1. The van der Waals surface area contributed by atoms with Gasteiger partial charge >= 0.3 is 5.97 Å². The number of amides is 1. The number of ether oxygens (including phenoxy) is 2. The number of hydrogen-bond donors (Lipinski definition) is 1. The van der Waals surface area contributed by atoms with E-state index in [1.165, 1.54) is 30.2 Å². The van der Waals surface area contributed by atoms with Gasteiger partial charge in [0.2, 0.25) is 5.91 Å². The average molecular weight is 549 g/mol. The van der Waals surface area contributed by atoms with Crippen molar-refractivity contribution >= 4 is 40.0 Å². The van der Waals surface area contributed by atoms with Crippen LogP contribution in [0.15, 0.2) is 71.7 Å². The van der Waals surface area contributed by atoms with Gasteiger partial charge in [0, 0.05) is 23.9 Å². The minimum atomic E-state index is -0.501. The highest BCUT2D eigenvalue weighted by molar-refractivity contribution is 7.99. The first-order valence-corrected chi connectivity index (χ1v) is 13.7. The van der Waals surface area contributed by atoms with Gasteiger partial charge in [-0.3, -0.25) is 4.79 Å². The predicted octanol–water partition coefficient (Wildman–Crippen LogP) is 5.62. The fraction of sp³-hybridized carbons (Fsp3) is 0.214. The Balaban J connectivity index is 1.47. The SMILES string of the molecule is C=CCn1c(Cc2ccc(OC)cc2)nnc1SCC(=O)Nc1scc(-c2ccc(C)cc2)c1C(=O)OC. The number of carbonyl (C=O) groups is 2. The lowest BCUT2D eigenvalue weighted by atomic mass is 10.0. The quantitative estimate of drug-likeness (QED) is 0.148. The number of benzene rings is 2. The lowest BCUT2D eigenvalue weighted by Crippen LogP contribution is -2.16. The van der Waals surface area contributed by atoms with Gasteiger partial charge in [-0.15, -0.1) is 28.1 Å². The van der Waals surface area contributed by atoms with Crippen LogP contribution in [-0.2, 0) is 22.5 Å². The maximum Gasteiger partial charge on any atom is 0.341 e. The molecule has 4 rings (SSSR count). The molecule has 0 fully saturated rings. The number of thioether (sulfide) groups is 1. The zero-order valence-electron chi connectivity index (χ0n) is 21.4. The van der Waals surface area contributed by atoms with Crippen LogP contribution in [0.5, 0.6) is 5.75 Å². The molecule has 8 nitrogen and oxygen atoms in total. The molecule has 0 bridgehead atoms. The maximum absolute atomic E-state index is 12.9. The Morgan fingerprint density at radius 2 is 1.84 bits per heavy atom. The molecule has 10 heteroatoms. The topological polar surface area (TPSA) is 95.3 Å². The molecule has 4 aromatic rings. The number of methoxy groups -OCH3 is 2. The summed E-state index contributed by atoms with van der Waals surface area (Å²) in [5, 5.41) is 14.4. The third-order valence-electron chi connectivity index (χ3n) is 5.75. The van der Waals surface area contributed by atoms with Crippen LogP contribution >= 0.6 is 23.1 Å². The third kappa shape index (κ3) is 6.32. The molecule has 38 heavy (non-hydrogen) atoms. The van der Waals surface area contributed by atoms with Crippen molar-refractivity contribution in [3.63, 3.8) is 0 Å². The maximum atomic E-state index is 12.9. The van der Waals surface area contributed by atoms with Crippen molar-refractivity contribution in [3.8, 4) is 16.9 Å². The summed E-state index contributed by atoms with van der Waals surface area (Å²) < 4.78 is 12.2. The van der Waals surface area contributed by atoms with E-state index in [9.17, 15) is 9.59 Å². The molecule has 0 unspecified atom stereocenters. The number of aryl methyl sites for hydroxylation is 1. The van der Waals surface area contributed by atoms with Crippen LogP contribution in [0.4, 0.5) is 5.00 Å². The molecule has 0 radical (unpaired) electrons. The number of hydrogen-bond acceptors (Lipinski definition) is 8. The third-order valence-corrected chi connectivity index (χ3v) is 7.62. The summed E-state index contributed by atoms with van der Waals surface area (Å²) in [5.74, 6) is 0.888. The number of aromatic nitrogens is 3. The normalized spacial score (nSPS) is 10.7. The number of thiophene rings is 1. The Hall–Kier alpha value is -3.89. The Labute approximate surface area is 229 Å². The van der Waals surface area contributed by atoms with E-state index >= 15 is 0 Å². The lowest BCUT2D eigenvalue weighted by Gasteiger charge is -2.09. The van der Waals surface area contributed by atoms with E-state index in [1.807, 2.05) is 65.4 Å². The summed E-state index contributed by atoms with van der Waals surface area (Å²) in [6.07, 6.45) is 2.35. The van der Waals surface area contributed by atoms with Crippen molar-refractivity contribution in [3.05, 3.63) is 89.1 Å². The molecule has 0 atom stereocenters. The predicted molar refractivity (Wildman–Crippen MR) is 151 cm³/mol. The molecule has 0 aliphatic heterocycles. The van der Waals surface area contributed by atoms with Gasteiger partial charge in [0.05, 0.1) is 20.0 Å². The Morgan fingerprint density at radius 1 is 1.11 bits per heavy atom. The van der Waals surface area contributed by atoms with E-state index < -0.39 is 5.97 Å². The summed E-state index contributed by atoms with van der Waals surface area (Å²) in [6, 6.07) is 15.6. The Kier molecular flexibility index (Phi) is 8.98. The molecule has 1 N–H and O–H groups in total. The van der Waals surface area contributed by atoms with Crippen molar-refractivity contribution < 1.29 is 19.1 Å². The lowest BCUT2D eigenvalue weighted by molar-refractivity contribution is -0.113. The molecule has 0 saturated carbocycles. The smallest absolute Gasteiger partial charge is 0.341 e. The number of rotatable bonds is 11. The number of allylic oxidation sites excluding steroid dienone is 1. The van der Waals surface area contributed by atoms with Crippen molar-refractivity contribution in [1.29, 1.82) is 0 Å². The van der Waals surface area contributed by atoms with Crippen LogP contribution in [-0.4, -0.2) is 46.6 Å².